The molecular weight excluding hydrogens is 291 g/mol. The fourth-order valence-electron chi connectivity index (χ4n) is 2.42. The normalized spacial score (nSPS) is 13.4. The number of benzene rings is 2. The molecule has 0 heterocycles. The summed E-state index contributed by atoms with van der Waals surface area (Å²) in [6, 6.07) is 14.2. The Hall–Kier alpha value is -2.20. The maximum absolute atomic E-state index is 13.2. The first-order valence-corrected chi connectivity index (χ1v) is 7.96. The van der Waals surface area contributed by atoms with E-state index in [4.69, 9.17) is 0 Å². The summed E-state index contributed by atoms with van der Waals surface area (Å²) in [5.74, 6) is -0.286. The summed E-state index contributed by atoms with van der Waals surface area (Å²) in [4.78, 5) is 13.4. The van der Waals surface area contributed by atoms with Crippen LogP contribution in [0.4, 0.5) is 10.1 Å². The smallest absolute Gasteiger partial charge is 0.282 e. The van der Waals surface area contributed by atoms with E-state index in [9.17, 15) is 9.18 Å². The van der Waals surface area contributed by atoms with Crippen LogP contribution in [0.15, 0.2) is 48.5 Å². The molecule has 0 fully saturated rings. The summed E-state index contributed by atoms with van der Waals surface area (Å²) < 4.78 is 13.2. The third-order valence-corrected chi connectivity index (χ3v) is 4.13. The molecule has 0 aliphatic carbocycles. The Morgan fingerprint density at radius 1 is 1.17 bits per heavy atom. The summed E-state index contributed by atoms with van der Waals surface area (Å²) in [6.45, 7) is 4.58. The maximum atomic E-state index is 13.2. The Kier molecular flexibility index (Phi) is 5.88. The van der Waals surface area contributed by atoms with Gasteiger partial charge in [0, 0.05) is 11.3 Å². The van der Waals surface area contributed by atoms with Gasteiger partial charge in [0.25, 0.3) is 5.91 Å². The van der Waals surface area contributed by atoms with Crippen LogP contribution in [0.5, 0.6) is 0 Å². The molecule has 1 amide bonds. The maximum Gasteiger partial charge on any atom is 0.282 e. The molecule has 23 heavy (non-hydrogen) atoms. The zero-order valence-electron chi connectivity index (χ0n) is 13.9. The average Bonchev–Trinajstić information content (AvgIpc) is 2.54. The van der Waals surface area contributed by atoms with Crippen LogP contribution < -0.4 is 10.2 Å². The number of aryl methyl sites for hydroxylation is 1. The Labute approximate surface area is 137 Å². The lowest BCUT2D eigenvalue weighted by Gasteiger charge is -2.21. The van der Waals surface area contributed by atoms with Crippen LogP contribution in [0.2, 0.25) is 0 Å². The summed E-state index contributed by atoms with van der Waals surface area (Å²) >= 11 is 0. The van der Waals surface area contributed by atoms with Crippen molar-refractivity contribution in [2.75, 3.05) is 12.4 Å². The molecule has 0 bridgehead atoms. The number of quaternary nitrogens is 1. The molecule has 0 radical (unpaired) electrons. The van der Waals surface area contributed by atoms with Crippen LogP contribution in [0.1, 0.15) is 25.0 Å². The van der Waals surface area contributed by atoms with Gasteiger partial charge in [-0.3, -0.25) is 4.79 Å². The van der Waals surface area contributed by atoms with Gasteiger partial charge < -0.3 is 10.2 Å². The molecule has 1 unspecified atom stereocenters. The second-order valence-electron chi connectivity index (χ2n) is 5.91. The van der Waals surface area contributed by atoms with E-state index in [2.05, 4.69) is 12.2 Å². The number of nitrogens with one attached hydrogen (secondary N) is 2. The topological polar surface area (TPSA) is 33.5 Å². The Morgan fingerprint density at radius 3 is 2.48 bits per heavy atom. The van der Waals surface area contributed by atoms with Crippen molar-refractivity contribution in [2.45, 2.75) is 32.9 Å². The van der Waals surface area contributed by atoms with E-state index in [-0.39, 0.29) is 17.8 Å². The SMILES string of the molecule is CCc1ccc(NC(=O)[C@@H](C)[NH+](C)Cc2cccc(F)c2)cc1. The number of carbonyl (C=O) groups excluding carboxylic acids is 1. The number of hydrogen-bond donors (Lipinski definition) is 2. The molecule has 0 spiro atoms. The van der Waals surface area contributed by atoms with Crippen LogP contribution >= 0.6 is 0 Å². The monoisotopic (exact) mass is 315 g/mol. The minimum absolute atomic E-state index is 0.0387. The Morgan fingerprint density at radius 2 is 1.87 bits per heavy atom. The highest BCUT2D eigenvalue weighted by molar-refractivity contribution is 5.93. The largest absolute Gasteiger partial charge is 0.324 e. The van der Waals surface area contributed by atoms with Crippen molar-refractivity contribution >= 4 is 11.6 Å². The first-order chi connectivity index (χ1) is 11.0. The van der Waals surface area contributed by atoms with E-state index in [0.29, 0.717) is 6.54 Å². The van der Waals surface area contributed by atoms with E-state index in [1.54, 1.807) is 6.07 Å². The zero-order valence-corrected chi connectivity index (χ0v) is 13.9. The van der Waals surface area contributed by atoms with Gasteiger partial charge in [0.2, 0.25) is 0 Å². The summed E-state index contributed by atoms with van der Waals surface area (Å²) in [5, 5.41) is 2.94. The fourth-order valence-corrected chi connectivity index (χ4v) is 2.42. The van der Waals surface area contributed by atoms with Crippen molar-refractivity contribution in [3.8, 4) is 0 Å². The van der Waals surface area contributed by atoms with E-state index in [1.807, 2.05) is 44.3 Å². The quantitative estimate of drug-likeness (QED) is 0.843. The van der Waals surface area contributed by atoms with Crippen LogP contribution in [-0.2, 0) is 17.8 Å². The van der Waals surface area contributed by atoms with Gasteiger partial charge in [0.1, 0.15) is 12.4 Å². The van der Waals surface area contributed by atoms with Crippen molar-refractivity contribution in [1.82, 2.24) is 0 Å². The number of hydrogen-bond acceptors (Lipinski definition) is 1. The van der Waals surface area contributed by atoms with Gasteiger partial charge in [0.15, 0.2) is 6.04 Å². The Bertz CT molecular complexity index is 655. The zero-order chi connectivity index (χ0) is 16.8. The second kappa shape index (κ2) is 7.88. The van der Waals surface area contributed by atoms with Gasteiger partial charge in [-0.15, -0.1) is 0 Å². The molecule has 2 aromatic rings. The Balaban J connectivity index is 1.95. The van der Waals surface area contributed by atoms with Crippen LogP contribution in [-0.4, -0.2) is 19.0 Å². The number of carbonyl (C=O) groups is 1. The van der Waals surface area contributed by atoms with Gasteiger partial charge in [-0.2, -0.15) is 0 Å². The molecule has 122 valence electrons. The molecule has 3 nitrogen and oxygen atoms in total. The number of likely N-dealkylation sites (N-methyl/N-ethyl adjacent to an activating group) is 1. The molecule has 0 aromatic heterocycles. The molecule has 0 aliphatic heterocycles. The van der Waals surface area contributed by atoms with E-state index >= 15 is 0 Å². The standard InChI is InChI=1S/C19H23FN2O/c1-4-15-8-10-18(11-9-15)21-19(23)14(2)22(3)13-16-6-5-7-17(20)12-16/h5-12,14H,4,13H2,1-3H3,(H,21,23)/p+1/t14-/m1/s1. The summed E-state index contributed by atoms with van der Waals surface area (Å²) in [5.41, 5.74) is 2.93. The minimum Gasteiger partial charge on any atom is -0.324 e. The highest BCUT2D eigenvalue weighted by atomic mass is 19.1. The van der Waals surface area contributed by atoms with Gasteiger partial charge in [-0.1, -0.05) is 31.2 Å². The molecule has 0 saturated heterocycles. The number of halogens is 1. The number of amides is 1. The molecule has 2 rings (SSSR count). The van der Waals surface area contributed by atoms with Gasteiger partial charge in [-0.25, -0.2) is 4.39 Å². The molecule has 2 aromatic carbocycles. The average molecular weight is 315 g/mol. The highest BCUT2D eigenvalue weighted by Gasteiger charge is 2.22. The fraction of sp³-hybridized carbons (Fsp3) is 0.316. The number of rotatable bonds is 6. The van der Waals surface area contributed by atoms with E-state index < -0.39 is 0 Å². The lowest BCUT2D eigenvalue weighted by atomic mass is 10.1. The third-order valence-electron chi connectivity index (χ3n) is 4.13. The molecule has 0 saturated carbocycles. The van der Waals surface area contributed by atoms with E-state index in [1.165, 1.54) is 17.7 Å². The minimum atomic E-state index is -0.247. The van der Waals surface area contributed by atoms with Gasteiger partial charge >= 0.3 is 0 Å². The summed E-state index contributed by atoms with van der Waals surface area (Å²) in [7, 11) is 1.94. The third kappa shape index (κ3) is 4.89. The molecule has 0 aliphatic rings. The first-order valence-electron chi connectivity index (χ1n) is 7.96. The van der Waals surface area contributed by atoms with Crippen molar-refractivity contribution in [1.29, 1.82) is 0 Å². The first kappa shape index (κ1) is 17.2. The number of anilines is 1. The van der Waals surface area contributed by atoms with Crippen molar-refractivity contribution in [3.05, 3.63) is 65.5 Å². The van der Waals surface area contributed by atoms with Crippen molar-refractivity contribution in [2.24, 2.45) is 0 Å². The molecule has 4 heteroatoms. The van der Waals surface area contributed by atoms with Crippen molar-refractivity contribution < 1.29 is 14.1 Å². The van der Waals surface area contributed by atoms with Crippen LogP contribution in [0.3, 0.4) is 0 Å². The van der Waals surface area contributed by atoms with Crippen LogP contribution in [0.25, 0.3) is 0 Å². The predicted octanol–water partition coefficient (Wildman–Crippen LogP) is 2.43. The van der Waals surface area contributed by atoms with Crippen molar-refractivity contribution in [3.63, 3.8) is 0 Å². The second-order valence-corrected chi connectivity index (χ2v) is 5.91. The predicted molar refractivity (Wildman–Crippen MR) is 90.9 cm³/mol. The van der Waals surface area contributed by atoms with Gasteiger partial charge in [-0.05, 0) is 43.2 Å². The molecule has 2 atom stereocenters. The summed E-state index contributed by atoms with van der Waals surface area (Å²) in [6.07, 6.45) is 0.977. The lowest BCUT2D eigenvalue weighted by molar-refractivity contribution is -0.907. The molecule has 2 N–H and O–H groups in total. The molecular formula is C19H24FN2O+. The van der Waals surface area contributed by atoms with Gasteiger partial charge in [0.05, 0.1) is 7.05 Å². The van der Waals surface area contributed by atoms with Crippen LogP contribution in [0, 0.1) is 5.82 Å². The van der Waals surface area contributed by atoms with E-state index in [0.717, 1.165) is 22.6 Å². The highest BCUT2D eigenvalue weighted by Crippen LogP contribution is 2.10. The lowest BCUT2D eigenvalue weighted by Crippen LogP contribution is -3.12.